The lowest BCUT2D eigenvalue weighted by atomic mass is 10.2. The van der Waals surface area contributed by atoms with Crippen LogP contribution >= 0.6 is 43.2 Å². The SMILES string of the molecule is CCCc1nc(-c2ncc(Br)cc2Br)sc1CN. The summed E-state index contributed by atoms with van der Waals surface area (Å²) in [6.07, 6.45) is 3.82. The number of hydrogen-bond acceptors (Lipinski definition) is 4. The summed E-state index contributed by atoms with van der Waals surface area (Å²) in [4.78, 5) is 10.2. The maximum absolute atomic E-state index is 5.77. The van der Waals surface area contributed by atoms with Gasteiger partial charge in [0, 0.05) is 26.6 Å². The quantitative estimate of drug-likeness (QED) is 0.853. The number of aromatic nitrogens is 2. The summed E-state index contributed by atoms with van der Waals surface area (Å²) in [6.45, 7) is 2.69. The number of nitrogens with zero attached hydrogens (tertiary/aromatic N) is 2. The van der Waals surface area contributed by atoms with Crippen LogP contribution in [0.5, 0.6) is 0 Å². The lowest BCUT2D eigenvalue weighted by molar-refractivity contribution is 0.871. The lowest BCUT2D eigenvalue weighted by Gasteiger charge is -1.99. The fraction of sp³-hybridized carbons (Fsp3) is 0.333. The van der Waals surface area contributed by atoms with E-state index in [1.807, 2.05) is 6.07 Å². The van der Waals surface area contributed by atoms with Gasteiger partial charge in [-0.15, -0.1) is 11.3 Å². The smallest absolute Gasteiger partial charge is 0.143 e. The highest BCUT2D eigenvalue weighted by Crippen LogP contribution is 2.33. The number of nitrogens with two attached hydrogens (primary N) is 1. The van der Waals surface area contributed by atoms with E-state index in [0.717, 1.165) is 43.1 Å². The second-order valence-electron chi connectivity index (χ2n) is 3.83. The highest BCUT2D eigenvalue weighted by molar-refractivity contribution is 9.11. The molecule has 2 heterocycles. The number of aryl methyl sites for hydroxylation is 1. The van der Waals surface area contributed by atoms with E-state index in [2.05, 4.69) is 48.8 Å². The van der Waals surface area contributed by atoms with Crippen LogP contribution in [0.2, 0.25) is 0 Å². The molecule has 0 aromatic carbocycles. The highest BCUT2D eigenvalue weighted by atomic mass is 79.9. The molecule has 0 aliphatic heterocycles. The Morgan fingerprint density at radius 1 is 1.39 bits per heavy atom. The van der Waals surface area contributed by atoms with Crippen LogP contribution in [0, 0.1) is 0 Å². The third-order valence-electron chi connectivity index (χ3n) is 2.46. The third kappa shape index (κ3) is 2.99. The van der Waals surface area contributed by atoms with Crippen LogP contribution in [0.25, 0.3) is 10.7 Å². The second-order valence-corrected chi connectivity index (χ2v) is 6.68. The molecule has 3 nitrogen and oxygen atoms in total. The van der Waals surface area contributed by atoms with Crippen LogP contribution in [-0.4, -0.2) is 9.97 Å². The molecule has 2 aromatic rings. The van der Waals surface area contributed by atoms with Crippen molar-refractivity contribution in [3.05, 3.63) is 31.8 Å². The molecule has 6 heteroatoms. The van der Waals surface area contributed by atoms with Gasteiger partial charge in [0.1, 0.15) is 10.7 Å². The fourth-order valence-corrected chi connectivity index (χ4v) is 3.95. The monoisotopic (exact) mass is 389 g/mol. The molecule has 0 atom stereocenters. The van der Waals surface area contributed by atoms with Crippen LogP contribution in [0.15, 0.2) is 21.2 Å². The van der Waals surface area contributed by atoms with E-state index in [9.17, 15) is 0 Å². The van der Waals surface area contributed by atoms with Crippen molar-refractivity contribution in [1.82, 2.24) is 9.97 Å². The van der Waals surface area contributed by atoms with Crippen LogP contribution in [0.1, 0.15) is 23.9 Å². The van der Waals surface area contributed by atoms with Gasteiger partial charge in [-0.25, -0.2) is 4.98 Å². The minimum Gasteiger partial charge on any atom is -0.326 e. The van der Waals surface area contributed by atoms with Gasteiger partial charge in [0.2, 0.25) is 0 Å². The number of pyridine rings is 1. The Hall–Kier alpha value is -0.300. The summed E-state index contributed by atoms with van der Waals surface area (Å²) < 4.78 is 1.89. The molecular weight excluding hydrogens is 378 g/mol. The summed E-state index contributed by atoms with van der Waals surface area (Å²) in [6, 6.07) is 1.98. The molecule has 18 heavy (non-hydrogen) atoms. The molecule has 2 aromatic heterocycles. The van der Waals surface area contributed by atoms with Crippen LogP contribution < -0.4 is 5.73 Å². The zero-order valence-electron chi connectivity index (χ0n) is 9.91. The van der Waals surface area contributed by atoms with E-state index in [1.54, 1.807) is 17.5 Å². The van der Waals surface area contributed by atoms with E-state index in [4.69, 9.17) is 5.73 Å². The molecule has 0 aliphatic rings. The van der Waals surface area contributed by atoms with Gasteiger partial charge in [0.25, 0.3) is 0 Å². The summed E-state index contributed by atoms with van der Waals surface area (Å²) in [7, 11) is 0. The molecule has 0 radical (unpaired) electrons. The largest absolute Gasteiger partial charge is 0.326 e. The Balaban J connectivity index is 2.44. The first kappa shape index (κ1) is 14.1. The number of halogens is 2. The minimum absolute atomic E-state index is 0.543. The van der Waals surface area contributed by atoms with E-state index < -0.39 is 0 Å². The first-order valence-corrected chi connectivity index (χ1v) is 8.06. The normalized spacial score (nSPS) is 10.9. The van der Waals surface area contributed by atoms with Crippen molar-refractivity contribution in [3.8, 4) is 10.7 Å². The van der Waals surface area contributed by atoms with E-state index in [1.165, 1.54) is 0 Å². The van der Waals surface area contributed by atoms with Gasteiger partial charge in [-0.2, -0.15) is 0 Å². The van der Waals surface area contributed by atoms with Gasteiger partial charge in [-0.3, -0.25) is 4.98 Å². The van der Waals surface area contributed by atoms with Crippen molar-refractivity contribution in [2.75, 3.05) is 0 Å². The summed E-state index contributed by atoms with van der Waals surface area (Å²) in [5.74, 6) is 0. The predicted octanol–water partition coefficient (Wildman–Crippen LogP) is 4.14. The van der Waals surface area contributed by atoms with Crippen LogP contribution in [0.4, 0.5) is 0 Å². The van der Waals surface area contributed by atoms with Gasteiger partial charge in [0.05, 0.1) is 5.69 Å². The average Bonchev–Trinajstić information content (AvgIpc) is 2.72. The predicted molar refractivity (Wildman–Crippen MR) is 82.6 cm³/mol. The van der Waals surface area contributed by atoms with E-state index in [0.29, 0.717) is 6.54 Å². The first-order valence-electron chi connectivity index (χ1n) is 5.65. The third-order valence-corrected chi connectivity index (χ3v) is 4.63. The van der Waals surface area contributed by atoms with Crippen molar-refractivity contribution in [3.63, 3.8) is 0 Å². The van der Waals surface area contributed by atoms with Gasteiger partial charge in [-0.1, -0.05) is 13.3 Å². The van der Waals surface area contributed by atoms with Crippen LogP contribution in [-0.2, 0) is 13.0 Å². The standard InChI is InChI=1S/C12H13Br2N3S/c1-2-3-9-10(5-15)18-12(17-9)11-8(14)4-7(13)6-16-11/h4,6H,2-3,5,15H2,1H3. The van der Waals surface area contributed by atoms with Gasteiger partial charge in [-0.05, 0) is 44.3 Å². The summed E-state index contributed by atoms with van der Waals surface area (Å²) in [5.41, 5.74) is 7.75. The lowest BCUT2D eigenvalue weighted by Crippen LogP contribution is -1.97. The van der Waals surface area contributed by atoms with Gasteiger partial charge < -0.3 is 5.73 Å². The fourth-order valence-electron chi connectivity index (χ4n) is 1.65. The Morgan fingerprint density at radius 3 is 2.78 bits per heavy atom. The molecule has 2 N–H and O–H groups in total. The van der Waals surface area contributed by atoms with E-state index >= 15 is 0 Å². The van der Waals surface area contributed by atoms with Crippen LogP contribution in [0.3, 0.4) is 0 Å². The van der Waals surface area contributed by atoms with Crippen molar-refractivity contribution >= 4 is 43.2 Å². The maximum Gasteiger partial charge on any atom is 0.143 e. The molecule has 0 spiro atoms. The molecule has 2 rings (SSSR count). The minimum atomic E-state index is 0.543. The zero-order chi connectivity index (χ0) is 13.1. The van der Waals surface area contributed by atoms with Crippen molar-refractivity contribution in [2.45, 2.75) is 26.3 Å². The summed E-state index contributed by atoms with van der Waals surface area (Å²) >= 11 is 8.55. The zero-order valence-corrected chi connectivity index (χ0v) is 13.9. The molecule has 0 bridgehead atoms. The topological polar surface area (TPSA) is 51.8 Å². The molecule has 96 valence electrons. The number of rotatable bonds is 4. The number of hydrogen-bond donors (Lipinski definition) is 1. The maximum atomic E-state index is 5.77. The molecule has 0 amide bonds. The molecular formula is C12H13Br2N3S. The Labute approximate surface area is 127 Å². The molecule has 0 aliphatic carbocycles. The first-order chi connectivity index (χ1) is 8.65. The van der Waals surface area contributed by atoms with Gasteiger partial charge >= 0.3 is 0 Å². The highest BCUT2D eigenvalue weighted by Gasteiger charge is 2.14. The van der Waals surface area contributed by atoms with Crippen molar-refractivity contribution < 1.29 is 0 Å². The Bertz CT molecular complexity index is 554. The molecule has 0 fully saturated rings. The van der Waals surface area contributed by atoms with E-state index in [-0.39, 0.29) is 0 Å². The molecule has 0 saturated heterocycles. The van der Waals surface area contributed by atoms with Gasteiger partial charge in [0.15, 0.2) is 0 Å². The van der Waals surface area contributed by atoms with Crippen molar-refractivity contribution in [1.29, 1.82) is 0 Å². The molecule has 0 saturated carbocycles. The second kappa shape index (κ2) is 6.23. The molecule has 0 unspecified atom stereocenters. The van der Waals surface area contributed by atoms with Crippen molar-refractivity contribution in [2.24, 2.45) is 5.73 Å². The average molecular weight is 391 g/mol. The Morgan fingerprint density at radius 2 is 2.17 bits per heavy atom. The summed E-state index contributed by atoms with van der Waals surface area (Å²) in [5, 5.41) is 0.929. The number of thiazole rings is 1. The Kier molecular flexibility index (Phi) is 4.89.